The molecule has 116 valence electrons. The molecule has 0 bridgehead atoms. The molecule has 1 saturated heterocycles. The van der Waals surface area contributed by atoms with Gasteiger partial charge in [-0.2, -0.15) is 0 Å². The lowest BCUT2D eigenvalue weighted by Gasteiger charge is -2.21. The molecule has 2 rings (SSSR count). The third-order valence-corrected chi connectivity index (χ3v) is 5.24. The van der Waals surface area contributed by atoms with Gasteiger partial charge in [0, 0.05) is 0 Å². The van der Waals surface area contributed by atoms with E-state index < -0.39 is 27.6 Å². The van der Waals surface area contributed by atoms with Gasteiger partial charge in [0.05, 0.1) is 23.0 Å². The molecule has 21 heavy (non-hydrogen) atoms. The van der Waals surface area contributed by atoms with Crippen LogP contribution in [0.1, 0.15) is 34.7 Å². The molecular weight excluding hydrogens is 296 g/mol. The predicted octanol–water partition coefficient (Wildman–Crippen LogP) is 0.482. The predicted molar refractivity (Wildman–Crippen MR) is 75.2 cm³/mol. The Hall–Kier alpha value is -1.83. The van der Waals surface area contributed by atoms with Crippen molar-refractivity contribution >= 4 is 21.7 Å². The Labute approximate surface area is 123 Å². The van der Waals surface area contributed by atoms with Gasteiger partial charge in [-0.3, -0.25) is 20.4 Å². The van der Waals surface area contributed by atoms with Crippen LogP contribution in [-0.2, 0) is 14.6 Å². The quantitative estimate of drug-likeness (QED) is 0.773. The molecule has 2 N–H and O–H groups in total. The van der Waals surface area contributed by atoms with Crippen LogP contribution in [0.15, 0.2) is 10.5 Å². The number of hydrogen-bond acceptors (Lipinski definition) is 5. The zero-order valence-corrected chi connectivity index (χ0v) is 12.7. The van der Waals surface area contributed by atoms with Crippen molar-refractivity contribution < 1.29 is 22.4 Å². The van der Waals surface area contributed by atoms with Gasteiger partial charge in [0.25, 0.3) is 5.91 Å². The highest BCUT2D eigenvalue weighted by Gasteiger charge is 2.30. The number of furan rings is 1. The van der Waals surface area contributed by atoms with Crippen molar-refractivity contribution in [1.82, 2.24) is 10.9 Å². The number of carbonyl (C=O) groups excluding carboxylic acids is 2. The van der Waals surface area contributed by atoms with Crippen LogP contribution in [-0.4, -0.2) is 31.7 Å². The summed E-state index contributed by atoms with van der Waals surface area (Å²) >= 11 is 0. The molecule has 1 aliphatic rings. The summed E-state index contributed by atoms with van der Waals surface area (Å²) in [4.78, 5) is 23.8. The molecule has 0 aliphatic carbocycles. The molecule has 0 radical (unpaired) electrons. The first-order valence-corrected chi connectivity index (χ1v) is 8.48. The fourth-order valence-electron chi connectivity index (χ4n) is 2.37. The number of sulfone groups is 1. The van der Waals surface area contributed by atoms with Gasteiger partial charge in [-0.15, -0.1) is 0 Å². The molecule has 1 atom stereocenters. The Morgan fingerprint density at radius 3 is 2.57 bits per heavy atom. The minimum Gasteiger partial charge on any atom is -0.466 e. The van der Waals surface area contributed by atoms with Crippen molar-refractivity contribution in [2.75, 3.05) is 11.5 Å². The smallest absolute Gasteiger partial charge is 0.273 e. The highest BCUT2D eigenvalue weighted by Crippen LogP contribution is 2.18. The SMILES string of the molecule is Cc1cc(C(=O)NNC(=O)[C@@H]2CCCS(=O)(=O)C2)c(C)o1. The second kappa shape index (κ2) is 5.88. The van der Waals surface area contributed by atoms with Crippen molar-refractivity contribution in [1.29, 1.82) is 0 Å². The molecule has 1 aromatic rings. The average Bonchev–Trinajstić information content (AvgIpc) is 2.73. The molecule has 0 unspecified atom stereocenters. The van der Waals surface area contributed by atoms with Crippen LogP contribution in [0, 0.1) is 19.8 Å². The molecule has 0 saturated carbocycles. The fourth-order valence-corrected chi connectivity index (χ4v) is 4.08. The van der Waals surface area contributed by atoms with Crippen LogP contribution in [0.4, 0.5) is 0 Å². The standard InChI is InChI=1S/C13H18N2O5S/c1-8-6-11(9(2)20-8)13(17)15-14-12(16)10-4-3-5-21(18,19)7-10/h6,10H,3-5,7H2,1-2H3,(H,14,16)(H,15,17)/t10-/m1/s1. The van der Waals surface area contributed by atoms with Gasteiger partial charge >= 0.3 is 0 Å². The van der Waals surface area contributed by atoms with Crippen molar-refractivity contribution in [2.45, 2.75) is 26.7 Å². The Morgan fingerprint density at radius 1 is 1.29 bits per heavy atom. The van der Waals surface area contributed by atoms with Crippen LogP contribution in [0.3, 0.4) is 0 Å². The number of nitrogens with one attached hydrogen (secondary N) is 2. The highest BCUT2D eigenvalue weighted by atomic mass is 32.2. The van der Waals surface area contributed by atoms with Gasteiger partial charge in [0.1, 0.15) is 11.5 Å². The molecule has 8 heteroatoms. The van der Waals surface area contributed by atoms with Crippen molar-refractivity contribution in [2.24, 2.45) is 5.92 Å². The van der Waals surface area contributed by atoms with E-state index in [1.807, 2.05) is 0 Å². The number of rotatable bonds is 2. The first-order valence-electron chi connectivity index (χ1n) is 6.66. The molecule has 1 fully saturated rings. The fraction of sp³-hybridized carbons (Fsp3) is 0.538. The number of hydrogen-bond donors (Lipinski definition) is 2. The maximum absolute atomic E-state index is 11.9. The summed E-state index contributed by atoms with van der Waals surface area (Å²) in [5, 5.41) is 0. The molecule has 0 spiro atoms. The lowest BCUT2D eigenvalue weighted by atomic mass is 10.1. The van der Waals surface area contributed by atoms with Crippen LogP contribution in [0.25, 0.3) is 0 Å². The van der Waals surface area contributed by atoms with Gasteiger partial charge in [0.15, 0.2) is 9.84 Å². The van der Waals surface area contributed by atoms with E-state index in [0.29, 0.717) is 29.9 Å². The number of hydrazine groups is 1. The van der Waals surface area contributed by atoms with E-state index in [9.17, 15) is 18.0 Å². The Balaban J connectivity index is 1.92. The zero-order chi connectivity index (χ0) is 15.6. The number of amides is 2. The third kappa shape index (κ3) is 3.84. The van der Waals surface area contributed by atoms with E-state index in [1.165, 1.54) is 0 Å². The van der Waals surface area contributed by atoms with Gasteiger partial charge in [-0.1, -0.05) is 0 Å². The lowest BCUT2D eigenvalue weighted by molar-refractivity contribution is -0.125. The summed E-state index contributed by atoms with van der Waals surface area (Å²) in [7, 11) is -3.16. The summed E-state index contributed by atoms with van der Waals surface area (Å²) in [6.07, 6.45) is 0.971. The third-order valence-electron chi connectivity index (χ3n) is 3.42. The lowest BCUT2D eigenvalue weighted by Crippen LogP contribution is -2.47. The zero-order valence-electron chi connectivity index (χ0n) is 11.9. The van der Waals surface area contributed by atoms with Gasteiger partial charge in [0.2, 0.25) is 5.91 Å². The minimum atomic E-state index is -3.16. The maximum atomic E-state index is 11.9. The van der Waals surface area contributed by atoms with Gasteiger partial charge in [-0.05, 0) is 32.8 Å². The second-order valence-corrected chi connectivity index (χ2v) is 7.45. The second-order valence-electron chi connectivity index (χ2n) is 5.22. The maximum Gasteiger partial charge on any atom is 0.273 e. The molecule has 1 aromatic heterocycles. The monoisotopic (exact) mass is 314 g/mol. The van der Waals surface area contributed by atoms with E-state index in [4.69, 9.17) is 4.42 Å². The average molecular weight is 314 g/mol. The molecule has 1 aliphatic heterocycles. The number of aryl methyl sites for hydroxylation is 2. The summed E-state index contributed by atoms with van der Waals surface area (Å²) in [6.45, 7) is 3.37. The van der Waals surface area contributed by atoms with Crippen molar-refractivity contribution in [3.05, 3.63) is 23.2 Å². The Morgan fingerprint density at radius 2 is 2.00 bits per heavy atom. The van der Waals surface area contributed by atoms with Crippen LogP contribution >= 0.6 is 0 Å². The van der Waals surface area contributed by atoms with Crippen molar-refractivity contribution in [3.8, 4) is 0 Å². The van der Waals surface area contributed by atoms with Crippen LogP contribution in [0.5, 0.6) is 0 Å². The number of carbonyl (C=O) groups is 2. The van der Waals surface area contributed by atoms with E-state index >= 15 is 0 Å². The first kappa shape index (κ1) is 15.6. The Kier molecular flexibility index (Phi) is 4.36. The van der Waals surface area contributed by atoms with E-state index in [0.717, 1.165) is 0 Å². The summed E-state index contributed by atoms with van der Waals surface area (Å²) < 4.78 is 28.2. The summed E-state index contributed by atoms with van der Waals surface area (Å²) in [5.41, 5.74) is 4.90. The molecular formula is C13H18N2O5S. The summed E-state index contributed by atoms with van der Waals surface area (Å²) in [5.74, 6) is -0.575. The minimum absolute atomic E-state index is 0.122. The summed E-state index contributed by atoms with van der Waals surface area (Å²) in [6, 6.07) is 1.57. The topological polar surface area (TPSA) is 105 Å². The Bertz CT molecular complexity index is 662. The van der Waals surface area contributed by atoms with Gasteiger partial charge in [-0.25, -0.2) is 8.42 Å². The molecule has 2 heterocycles. The van der Waals surface area contributed by atoms with E-state index in [2.05, 4.69) is 10.9 Å². The normalized spacial score (nSPS) is 20.8. The molecule has 0 aromatic carbocycles. The van der Waals surface area contributed by atoms with Crippen LogP contribution < -0.4 is 10.9 Å². The van der Waals surface area contributed by atoms with Crippen LogP contribution in [0.2, 0.25) is 0 Å². The van der Waals surface area contributed by atoms with Gasteiger partial charge < -0.3 is 4.42 Å². The van der Waals surface area contributed by atoms with Crippen molar-refractivity contribution in [3.63, 3.8) is 0 Å². The van der Waals surface area contributed by atoms with E-state index in [1.54, 1.807) is 19.9 Å². The highest BCUT2D eigenvalue weighted by molar-refractivity contribution is 7.91. The first-order chi connectivity index (χ1) is 9.78. The van der Waals surface area contributed by atoms with E-state index in [-0.39, 0.29) is 11.5 Å². The molecule has 2 amide bonds. The molecule has 7 nitrogen and oxygen atoms in total. The largest absolute Gasteiger partial charge is 0.466 e.